The molecule has 0 aliphatic carbocycles. The van der Waals surface area contributed by atoms with Crippen LogP contribution in [0.2, 0.25) is 0 Å². The van der Waals surface area contributed by atoms with E-state index < -0.39 is 5.97 Å². The first-order valence-corrected chi connectivity index (χ1v) is 5.14. The van der Waals surface area contributed by atoms with Crippen molar-refractivity contribution in [3.05, 3.63) is 30.9 Å². The zero-order valence-electron chi connectivity index (χ0n) is 9.39. The minimum atomic E-state index is -0.449. The highest BCUT2D eigenvalue weighted by Crippen LogP contribution is 2.25. The van der Waals surface area contributed by atoms with Crippen molar-refractivity contribution < 1.29 is 19.4 Å². The van der Waals surface area contributed by atoms with Gasteiger partial charge in [-0.3, -0.25) is 0 Å². The van der Waals surface area contributed by atoms with Gasteiger partial charge >= 0.3 is 5.97 Å². The van der Waals surface area contributed by atoms with E-state index in [4.69, 9.17) is 15.2 Å². The number of aromatic hydroxyl groups is 1. The van der Waals surface area contributed by atoms with E-state index in [1.54, 1.807) is 12.1 Å². The Morgan fingerprint density at radius 2 is 2.24 bits per heavy atom. The molecule has 5 heteroatoms. The molecule has 0 saturated carbocycles. The molecule has 0 spiro atoms. The van der Waals surface area contributed by atoms with Gasteiger partial charge in [0.05, 0.1) is 18.9 Å². The Labute approximate surface area is 99.5 Å². The number of nitrogens with two attached hydrogens (primary N) is 1. The Bertz CT molecular complexity index is 403. The second-order valence-electron chi connectivity index (χ2n) is 3.29. The monoisotopic (exact) mass is 237 g/mol. The van der Waals surface area contributed by atoms with Gasteiger partial charge in [-0.05, 0) is 12.1 Å². The molecule has 5 nitrogen and oxygen atoms in total. The van der Waals surface area contributed by atoms with E-state index in [0.717, 1.165) is 6.08 Å². The van der Waals surface area contributed by atoms with Gasteiger partial charge in [0.15, 0.2) is 0 Å². The van der Waals surface area contributed by atoms with Gasteiger partial charge in [-0.25, -0.2) is 4.79 Å². The van der Waals surface area contributed by atoms with Crippen LogP contribution in [0.3, 0.4) is 0 Å². The molecular weight excluding hydrogens is 222 g/mol. The summed E-state index contributed by atoms with van der Waals surface area (Å²) in [5.41, 5.74) is 5.74. The summed E-state index contributed by atoms with van der Waals surface area (Å²) in [6.45, 7) is 3.93. The third-order valence-electron chi connectivity index (χ3n) is 1.97. The number of nitrogen functional groups attached to an aromatic ring is 1. The van der Waals surface area contributed by atoms with Crippen LogP contribution in [-0.4, -0.2) is 24.3 Å². The molecule has 0 atom stereocenters. The second-order valence-corrected chi connectivity index (χ2v) is 3.29. The first-order chi connectivity index (χ1) is 8.13. The number of rotatable bonds is 6. The van der Waals surface area contributed by atoms with Crippen molar-refractivity contribution in [3.63, 3.8) is 0 Å². The number of carbonyl (C=O) groups is 1. The fourth-order valence-electron chi connectivity index (χ4n) is 1.09. The van der Waals surface area contributed by atoms with Crippen molar-refractivity contribution in [2.75, 3.05) is 18.9 Å². The SMILES string of the molecule is C=CC(=O)OCCCOc1ccc(N)c(O)c1. The number of benzene rings is 1. The van der Waals surface area contributed by atoms with Crippen molar-refractivity contribution in [2.24, 2.45) is 0 Å². The van der Waals surface area contributed by atoms with Crippen LogP contribution in [0.4, 0.5) is 5.69 Å². The third kappa shape index (κ3) is 4.46. The quantitative estimate of drug-likeness (QED) is 0.257. The summed E-state index contributed by atoms with van der Waals surface area (Å²) in [6, 6.07) is 4.65. The number of phenolic OH excluding ortho intramolecular Hbond substituents is 1. The van der Waals surface area contributed by atoms with Gasteiger partial charge in [-0.1, -0.05) is 6.58 Å². The summed E-state index contributed by atoms with van der Waals surface area (Å²) in [7, 11) is 0. The molecule has 0 fully saturated rings. The van der Waals surface area contributed by atoms with Gasteiger partial charge in [0.1, 0.15) is 11.5 Å². The van der Waals surface area contributed by atoms with E-state index in [9.17, 15) is 9.90 Å². The summed E-state index contributed by atoms with van der Waals surface area (Å²) < 4.78 is 10.1. The summed E-state index contributed by atoms with van der Waals surface area (Å²) in [5.74, 6) is 0.0578. The normalized spacial score (nSPS) is 9.65. The maximum absolute atomic E-state index is 10.7. The molecule has 0 aromatic heterocycles. The highest BCUT2D eigenvalue weighted by atomic mass is 16.5. The van der Waals surface area contributed by atoms with Crippen LogP contribution in [0, 0.1) is 0 Å². The number of hydrogen-bond acceptors (Lipinski definition) is 5. The fraction of sp³-hybridized carbons (Fsp3) is 0.250. The van der Waals surface area contributed by atoms with Gasteiger partial charge in [0.2, 0.25) is 0 Å². The molecule has 0 heterocycles. The average molecular weight is 237 g/mol. The zero-order chi connectivity index (χ0) is 12.7. The number of hydrogen-bond donors (Lipinski definition) is 2. The van der Waals surface area contributed by atoms with Crippen molar-refractivity contribution >= 4 is 11.7 Å². The van der Waals surface area contributed by atoms with Gasteiger partial charge in [0, 0.05) is 18.6 Å². The number of ether oxygens (including phenoxy) is 2. The van der Waals surface area contributed by atoms with Crippen LogP contribution in [0.5, 0.6) is 11.5 Å². The molecular formula is C12H15NO4. The summed E-state index contributed by atoms with van der Waals surface area (Å²) in [6.07, 6.45) is 1.67. The van der Waals surface area contributed by atoms with Crippen LogP contribution in [0.15, 0.2) is 30.9 Å². The number of carbonyl (C=O) groups excluding carboxylic acids is 1. The predicted octanol–water partition coefficient (Wildman–Crippen LogP) is 1.47. The average Bonchev–Trinajstić information content (AvgIpc) is 2.33. The maximum atomic E-state index is 10.7. The van der Waals surface area contributed by atoms with E-state index in [2.05, 4.69) is 6.58 Å². The standard InChI is InChI=1S/C12H15NO4/c1-2-12(15)17-7-3-6-16-9-4-5-10(13)11(14)8-9/h2,4-5,8,14H,1,3,6-7,13H2. The second kappa shape index (κ2) is 6.42. The van der Waals surface area contributed by atoms with Crippen LogP contribution < -0.4 is 10.5 Å². The highest BCUT2D eigenvalue weighted by molar-refractivity contribution is 5.81. The lowest BCUT2D eigenvalue weighted by Crippen LogP contribution is -2.06. The topological polar surface area (TPSA) is 81.8 Å². The van der Waals surface area contributed by atoms with Crippen molar-refractivity contribution in [1.29, 1.82) is 0 Å². The summed E-state index contributed by atoms with van der Waals surface area (Å²) >= 11 is 0. The van der Waals surface area contributed by atoms with Crippen molar-refractivity contribution in [2.45, 2.75) is 6.42 Å². The molecule has 0 radical (unpaired) electrons. The number of esters is 1. The van der Waals surface area contributed by atoms with Gasteiger partial charge in [-0.15, -0.1) is 0 Å². The van der Waals surface area contributed by atoms with E-state index in [0.29, 0.717) is 24.5 Å². The molecule has 1 rings (SSSR count). The largest absolute Gasteiger partial charge is 0.506 e. The molecule has 0 aliphatic heterocycles. The molecule has 0 unspecified atom stereocenters. The molecule has 1 aromatic rings. The minimum absolute atomic E-state index is 0.0133. The number of anilines is 1. The zero-order valence-corrected chi connectivity index (χ0v) is 9.39. The van der Waals surface area contributed by atoms with E-state index in [-0.39, 0.29) is 12.4 Å². The summed E-state index contributed by atoms with van der Waals surface area (Å²) in [5, 5.41) is 9.32. The molecule has 0 saturated heterocycles. The lowest BCUT2D eigenvalue weighted by Gasteiger charge is -2.07. The van der Waals surface area contributed by atoms with E-state index >= 15 is 0 Å². The lowest BCUT2D eigenvalue weighted by atomic mass is 10.3. The summed E-state index contributed by atoms with van der Waals surface area (Å²) in [4.78, 5) is 10.7. The Kier molecular flexibility index (Phi) is 4.87. The van der Waals surface area contributed by atoms with Gasteiger partial charge < -0.3 is 20.3 Å². The molecule has 3 N–H and O–H groups in total. The van der Waals surface area contributed by atoms with Crippen molar-refractivity contribution in [1.82, 2.24) is 0 Å². The van der Waals surface area contributed by atoms with E-state index in [1.165, 1.54) is 6.07 Å². The Morgan fingerprint density at radius 3 is 2.88 bits per heavy atom. The van der Waals surface area contributed by atoms with Crippen LogP contribution in [0.25, 0.3) is 0 Å². The predicted molar refractivity (Wildman–Crippen MR) is 63.8 cm³/mol. The molecule has 0 amide bonds. The van der Waals surface area contributed by atoms with E-state index in [1.807, 2.05) is 0 Å². The van der Waals surface area contributed by atoms with Crippen LogP contribution >= 0.6 is 0 Å². The highest BCUT2D eigenvalue weighted by Gasteiger charge is 2.00. The van der Waals surface area contributed by atoms with Gasteiger partial charge in [-0.2, -0.15) is 0 Å². The Balaban J connectivity index is 2.24. The molecule has 17 heavy (non-hydrogen) atoms. The number of phenols is 1. The molecule has 92 valence electrons. The van der Waals surface area contributed by atoms with Crippen molar-refractivity contribution in [3.8, 4) is 11.5 Å². The minimum Gasteiger partial charge on any atom is -0.506 e. The van der Waals surface area contributed by atoms with Crippen LogP contribution in [0.1, 0.15) is 6.42 Å². The fourth-order valence-corrected chi connectivity index (χ4v) is 1.09. The Morgan fingerprint density at radius 1 is 1.47 bits per heavy atom. The third-order valence-corrected chi connectivity index (χ3v) is 1.97. The first-order valence-electron chi connectivity index (χ1n) is 5.14. The molecule has 0 aliphatic rings. The molecule has 0 bridgehead atoms. The maximum Gasteiger partial charge on any atom is 0.330 e. The Hall–Kier alpha value is -2.17. The van der Waals surface area contributed by atoms with Crippen LogP contribution in [-0.2, 0) is 9.53 Å². The lowest BCUT2D eigenvalue weighted by molar-refractivity contribution is -0.137. The molecule has 1 aromatic carbocycles. The smallest absolute Gasteiger partial charge is 0.330 e. The van der Waals surface area contributed by atoms with Gasteiger partial charge in [0.25, 0.3) is 0 Å². The first kappa shape index (κ1) is 12.9.